The van der Waals surface area contributed by atoms with Gasteiger partial charge in [0, 0.05) is 18.1 Å². The van der Waals surface area contributed by atoms with E-state index in [1.165, 1.54) is 38.6 Å². The molecule has 1 unspecified atom stereocenters. The Kier molecular flexibility index (Phi) is 1.98. The third kappa shape index (κ3) is 1.15. The van der Waals surface area contributed by atoms with Crippen LogP contribution in [0.1, 0.15) is 72.6 Å². The van der Waals surface area contributed by atoms with E-state index in [-0.39, 0.29) is 0 Å². The number of hydrogen-bond acceptors (Lipinski definition) is 1. The topological polar surface area (TPSA) is 3.01 Å². The molecule has 0 aromatic rings. The molecule has 7 atom stereocenters. The van der Waals surface area contributed by atoms with E-state index in [1.807, 2.05) is 0 Å². The van der Waals surface area contributed by atoms with Crippen LogP contribution < -0.4 is 0 Å². The highest BCUT2D eigenvalue weighted by molar-refractivity contribution is 5.31. The monoisotopic (exact) mass is 273 g/mol. The van der Waals surface area contributed by atoms with Crippen molar-refractivity contribution in [2.75, 3.05) is 6.54 Å². The minimum Gasteiger partial charge on any atom is -0.291 e. The minimum atomic E-state index is 0.600. The first-order chi connectivity index (χ1) is 9.32. The summed E-state index contributed by atoms with van der Waals surface area (Å²) in [5.41, 5.74) is 2.63. The minimum absolute atomic E-state index is 0.600. The summed E-state index contributed by atoms with van der Waals surface area (Å²) in [5.74, 6) is 2.04. The van der Waals surface area contributed by atoms with Gasteiger partial charge < -0.3 is 0 Å². The summed E-state index contributed by atoms with van der Waals surface area (Å²) in [6.45, 7) is 11.9. The fourth-order valence-corrected chi connectivity index (χ4v) is 8.33. The lowest BCUT2D eigenvalue weighted by atomic mass is 9.40. The normalized spacial score (nSPS) is 65.4. The number of rotatable bonds is 0. The highest BCUT2D eigenvalue weighted by atomic mass is 15.4. The maximum absolute atomic E-state index is 2.86. The predicted molar refractivity (Wildman–Crippen MR) is 82.5 cm³/mol. The van der Waals surface area contributed by atoms with Crippen molar-refractivity contribution in [3.8, 4) is 0 Å². The van der Waals surface area contributed by atoms with Crippen molar-refractivity contribution in [1.82, 2.24) is 4.90 Å². The molecule has 4 bridgehead atoms. The SMILES string of the molecule is CC1(C)CCC[C@]2(C)[C@@H]1CC[C@@]13CN4[C@@H](C[C@H]12)[C@@]4(C)C3. The van der Waals surface area contributed by atoms with E-state index in [9.17, 15) is 0 Å². The van der Waals surface area contributed by atoms with Gasteiger partial charge in [-0.05, 0) is 73.5 Å². The molecule has 1 nitrogen and oxygen atoms in total. The average molecular weight is 273 g/mol. The highest BCUT2D eigenvalue weighted by Gasteiger charge is 2.77. The molecule has 20 heavy (non-hydrogen) atoms. The Morgan fingerprint density at radius 1 is 0.950 bits per heavy atom. The molecule has 0 amide bonds. The van der Waals surface area contributed by atoms with Crippen molar-refractivity contribution in [1.29, 1.82) is 0 Å². The van der Waals surface area contributed by atoms with Gasteiger partial charge >= 0.3 is 0 Å². The predicted octanol–water partition coefficient (Wildman–Crippen LogP) is 4.47. The molecule has 3 saturated heterocycles. The van der Waals surface area contributed by atoms with Crippen LogP contribution in [0.15, 0.2) is 0 Å². The van der Waals surface area contributed by atoms with Crippen LogP contribution in [0.4, 0.5) is 0 Å². The second-order valence-electron chi connectivity index (χ2n) is 10.3. The Hall–Kier alpha value is -0.0400. The van der Waals surface area contributed by atoms with Crippen LogP contribution in [0, 0.1) is 28.1 Å². The van der Waals surface area contributed by atoms with Gasteiger partial charge in [0.1, 0.15) is 0 Å². The van der Waals surface area contributed by atoms with Gasteiger partial charge in [0.2, 0.25) is 0 Å². The van der Waals surface area contributed by atoms with Crippen LogP contribution >= 0.6 is 0 Å². The van der Waals surface area contributed by atoms with Gasteiger partial charge in [-0.1, -0.05) is 27.2 Å². The van der Waals surface area contributed by atoms with Gasteiger partial charge in [-0.15, -0.1) is 0 Å². The van der Waals surface area contributed by atoms with Crippen molar-refractivity contribution in [3.05, 3.63) is 0 Å². The smallest absolute Gasteiger partial charge is 0.0346 e. The van der Waals surface area contributed by atoms with E-state index in [2.05, 4.69) is 32.6 Å². The first-order valence-corrected chi connectivity index (χ1v) is 9.09. The summed E-state index contributed by atoms with van der Waals surface area (Å²) in [4.78, 5) is 2.86. The van der Waals surface area contributed by atoms with Crippen molar-refractivity contribution >= 4 is 0 Å². The van der Waals surface area contributed by atoms with Crippen molar-refractivity contribution in [3.63, 3.8) is 0 Å². The first-order valence-electron chi connectivity index (χ1n) is 9.09. The van der Waals surface area contributed by atoms with E-state index >= 15 is 0 Å². The molecule has 1 heteroatoms. The summed E-state index contributed by atoms with van der Waals surface area (Å²) in [5, 5.41) is 0. The lowest BCUT2D eigenvalue weighted by Crippen LogP contribution is -2.59. The van der Waals surface area contributed by atoms with E-state index in [0.717, 1.165) is 23.3 Å². The zero-order chi connectivity index (χ0) is 14.0. The summed E-state index contributed by atoms with van der Waals surface area (Å²) in [6, 6.07) is 0.968. The van der Waals surface area contributed by atoms with Gasteiger partial charge in [-0.25, -0.2) is 0 Å². The molecule has 3 saturated carbocycles. The molecule has 3 aliphatic heterocycles. The van der Waals surface area contributed by atoms with Crippen LogP contribution in [-0.2, 0) is 0 Å². The zero-order valence-electron chi connectivity index (χ0n) is 13.8. The van der Waals surface area contributed by atoms with Gasteiger partial charge in [-0.2, -0.15) is 0 Å². The molecule has 6 fully saturated rings. The van der Waals surface area contributed by atoms with Crippen molar-refractivity contribution < 1.29 is 0 Å². The molecule has 0 N–H and O–H groups in total. The van der Waals surface area contributed by atoms with Crippen molar-refractivity contribution in [2.24, 2.45) is 28.1 Å². The molecule has 0 aromatic heterocycles. The summed E-state index contributed by atoms with van der Waals surface area (Å²) in [7, 11) is 0. The summed E-state index contributed by atoms with van der Waals surface area (Å²) >= 11 is 0. The molecule has 112 valence electrons. The largest absolute Gasteiger partial charge is 0.291 e. The van der Waals surface area contributed by atoms with Gasteiger partial charge in [0.05, 0.1) is 0 Å². The Labute approximate surface area is 124 Å². The van der Waals surface area contributed by atoms with Gasteiger partial charge in [0.25, 0.3) is 0 Å². The second kappa shape index (κ2) is 3.16. The Balaban J connectivity index is 1.57. The van der Waals surface area contributed by atoms with E-state index in [1.54, 1.807) is 12.8 Å². The lowest BCUT2D eigenvalue weighted by molar-refractivity contribution is -0.150. The summed E-state index contributed by atoms with van der Waals surface area (Å²) in [6.07, 6.45) is 10.6. The second-order valence-corrected chi connectivity index (χ2v) is 10.3. The van der Waals surface area contributed by atoms with E-state index < -0.39 is 0 Å². The van der Waals surface area contributed by atoms with Crippen LogP contribution in [0.25, 0.3) is 0 Å². The van der Waals surface area contributed by atoms with E-state index in [4.69, 9.17) is 0 Å². The van der Waals surface area contributed by atoms with Crippen molar-refractivity contribution in [2.45, 2.75) is 84.2 Å². The van der Waals surface area contributed by atoms with Crippen LogP contribution in [-0.4, -0.2) is 23.0 Å². The maximum Gasteiger partial charge on any atom is 0.0346 e. The molecule has 1 spiro atoms. The number of nitrogens with zero attached hydrogens (tertiary/aromatic N) is 1. The molecule has 6 aliphatic rings. The third-order valence-corrected chi connectivity index (χ3v) is 9.08. The molecule has 0 aromatic carbocycles. The molecule has 3 heterocycles. The number of piperidine rings is 2. The molecule has 3 aliphatic carbocycles. The fraction of sp³-hybridized carbons (Fsp3) is 1.00. The molecule has 6 rings (SSSR count). The van der Waals surface area contributed by atoms with Crippen LogP contribution in [0.3, 0.4) is 0 Å². The highest BCUT2D eigenvalue weighted by Crippen LogP contribution is 2.76. The third-order valence-electron chi connectivity index (χ3n) is 9.08. The standard InChI is InChI=1S/C19H31N/c1-16(2)7-5-8-17(3)13(16)6-9-19-11-18(4)15(10-14(17)19)20(18)12-19/h13-15H,5-12H2,1-4H3/t13-,14+,15+,17-,18-,19-,20?/m1/s1. The van der Waals surface area contributed by atoms with Crippen LogP contribution in [0.2, 0.25) is 0 Å². The number of hydrogen-bond donors (Lipinski definition) is 0. The Bertz CT molecular complexity index is 482. The first kappa shape index (κ1) is 12.5. The number of fused-ring (bicyclic) bond motifs is 1. The average Bonchev–Trinajstić information content (AvgIpc) is 2.80. The lowest BCUT2D eigenvalue weighted by Gasteiger charge is -2.65. The quantitative estimate of drug-likeness (QED) is 0.589. The zero-order valence-corrected chi connectivity index (χ0v) is 13.8. The van der Waals surface area contributed by atoms with E-state index in [0.29, 0.717) is 16.4 Å². The summed E-state index contributed by atoms with van der Waals surface area (Å²) < 4.78 is 0. The maximum atomic E-state index is 2.86. The van der Waals surface area contributed by atoms with Gasteiger partial charge in [0.15, 0.2) is 0 Å². The van der Waals surface area contributed by atoms with Crippen LogP contribution in [0.5, 0.6) is 0 Å². The molecular weight excluding hydrogens is 242 g/mol. The Morgan fingerprint density at radius 2 is 1.75 bits per heavy atom. The van der Waals surface area contributed by atoms with Gasteiger partial charge in [-0.3, -0.25) is 4.90 Å². The molecular formula is C19H31N. The fourth-order valence-electron chi connectivity index (χ4n) is 8.33. The Morgan fingerprint density at radius 3 is 2.45 bits per heavy atom. The molecule has 0 radical (unpaired) electrons.